The van der Waals surface area contributed by atoms with Gasteiger partial charge in [-0.3, -0.25) is 19.4 Å². The van der Waals surface area contributed by atoms with Crippen LogP contribution in [0.5, 0.6) is 5.75 Å². The number of nitrogens with one attached hydrogen (secondary N) is 1. The fourth-order valence-corrected chi connectivity index (χ4v) is 6.62. The van der Waals surface area contributed by atoms with E-state index in [0.717, 1.165) is 48.1 Å². The van der Waals surface area contributed by atoms with Crippen molar-refractivity contribution in [1.29, 1.82) is 0 Å². The van der Waals surface area contributed by atoms with Crippen molar-refractivity contribution in [3.05, 3.63) is 86.7 Å². The Balaban J connectivity index is 1.28. The number of anilines is 1. The molecule has 13 heteroatoms. The number of halogens is 2. The predicted octanol–water partition coefficient (Wildman–Crippen LogP) is 6.30. The maximum absolute atomic E-state index is 13.3. The van der Waals surface area contributed by atoms with Crippen molar-refractivity contribution in [2.24, 2.45) is 0 Å². The van der Waals surface area contributed by atoms with Crippen LogP contribution in [0.1, 0.15) is 22.3 Å². The topological polar surface area (TPSA) is 108 Å². The number of rotatable bonds is 11. The van der Waals surface area contributed by atoms with Gasteiger partial charge in [0.25, 0.3) is 5.91 Å². The SMILES string of the molecule is O=C(CCN1C(=O)/C(=C/c2ccc(OCCN3CCOCC3)c(-c3ccc(Cl)cc3Cl)c2)SC1=S)Nc1cccc(C(=O)O)c1. The van der Waals surface area contributed by atoms with Gasteiger partial charge in [0.2, 0.25) is 5.91 Å². The van der Waals surface area contributed by atoms with E-state index in [-0.39, 0.29) is 30.3 Å². The highest BCUT2D eigenvalue weighted by Gasteiger charge is 2.32. The number of amides is 2. The summed E-state index contributed by atoms with van der Waals surface area (Å²) < 4.78 is 12.0. The molecule has 9 nitrogen and oxygen atoms in total. The molecule has 3 aromatic rings. The molecule has 0 atom stereocenters. The molecule has 2 saturated heterocycles. The Morgan fingerprint density at radius 1 is 1.04 bits per heavy atom. The molecule has 5 rings (SSSR count). The van der Waals surface area contributed by atoms with Gasteiger partial charge in [-0.1, -0.05) is 65.4 Å². The normalized spacial score (nSPS) is 16.3. The van der Waals surface area contributed by atoms with Crippen LogP contribution in [-0.4, -0.2) is 83.0 Å². The highest BCUT2D eigenvalue weighted by molar-refractivity contribution is 8.26. The molecule has 45 heavy (non-hydrogen) atoms. The lowest BCUT2D eigenvalue weighted by Gasteiger charge is -2.26. The van der Waals surface area contributed by atoms with Crippen LogP contribution < -0.4 is 10.1 Å². The third-order valence-corrected chi connectivity index (χ3v) is 9.05. The highest BCUT2D eigenvalue weighted by atomic mass is 35.5. The number of morpholine rings is 1. The second-order valence-corrected chi connectivity index (χ2v) is 12.7. The summed E-state index contributed by atoms with van der Waals surface area (Å²) >= 11 is 19.4. The second-order valence-electron chi connectivity index (χ2n) is 10.2. The lowest BCUT2D eigenvalue weighted by Crippen LogP contribution is -2.38. The van der Waals surface area contributed by atoms with Gasteiger partial charge in [0.15, 0.2) is 0 Å². The smallest absolute Gasteiger partial charge is 0.335 e. The van der Waals surface area contributed by atoms with Crippen molar-refractivity contribution >= 4 is 81.0 Å². The summed E-state index contributed by atoms with van der Waals surface area (Å²) in [6.45, 7) is 4.46. The van der Waals surface area contributed by atoms with Crippen molar-refractivity contribution in [3.8, 4) is 16.9 Å². The highest BCUT2D eigenvalue weighted by Crippen LogP contribution is 2.39. The number of carboxylic acids is 1. The third kappa shape index (κ3) is 8.63. The molecule has 2 amide bonds. The lowest BCUT2D eigenvalue weighted by atomic mass is 10.0. The molecule has 0 radical (unpaired) electrons. The molecule has 0 aliphatic carbocycles. The Morgan fingerprint density at radius 3 is 2.60 bits per heavy atom. The Kier molecular flexibility index (Phi) is 11.1. The van der Waals surface area contributed by atoms with E-state index in [0.29, 0.717) is 50.5 Å². The summed E-state index contributed by atoms with van der Waals surface area (Å²) in [7, 11) is 0. The van der Waals surface area contributed by atoms with E-state index in [1.165, 1.54) is 17.0 Å². The second kappa shape index (κ2) is 15.2. The Bertz CT molecular complexity index is 1660. The van der Waals surface area contributed by atoms with Gasteiger partial charge >= 0.3 is 5.97 Å². The molecule has 0 bridgehead atoms. The standard InChI is InChI=1S/C32H29Cl2N3O6S2/c33-22-5-6-24(26(34)19-22)25-16-20(4-7-27(25)43-15-12-36-10-13-42-14-11-36)17-28-30(39)37(32(44)45-28)9-8-29(38)35-23-3-1-2-21(18-23)31(40)41/h1-7,16-19H,8-15H2,(H,35,38)(H,40,41)/b28-17-. The summed E-state index contributed by atoms with van der Waals surface area (Å²) in [4.78, 5) is 41.1. The number of hydrogen-bond acceptors (Lipinski definition) is 8. The monoisotopic (exact) mass is 685 g/mol. The quantitative estimate of drug-likeness (QED) is 0.178. The van der Waals surface area contributed by atoms with Crippen LogP contribution in [0, 0.1) is 0 Å². The van der Waals surface area contributed by atoms with E-state index in [1.807, 2.05) is 24.3 Å². The molecular formula is C32H29Cl2N3O6S2. The first-order chi connectivity index (χ1) is 21.7. The van der Waals surface area contributed by atoms with Crippen LogP contribution in [0.25, 0.3) is 17.2 Å². The number of carbonyl (C=O) groups excluding carboxylic acids is 2. The van der Waals surface area contributed by atoms with Crippen molar-refractivity contribution in [2.45, 2.75) is 6.42 Å². The molecule has 3 aromatic carbocycles. The molecule has 2 aliphatic heterocycles. The zero-order valence-electron chi connectivity index (χ0n) is 24.0. The van der Waals surface area contributed by atoms with Crippen molar-refractivity contribution in [1.82, 2.24) is 9.80 Å². The number of aromatic carboxylic acids is 1. The first kappa shape index (κ1) is 32.9. The average molecular weight is 687 g/mol. The van der Waals surface area contributed by atoms with E-state index in [1.54, 1.807) is 30.3 Å². The summed E-state index contributed by atoms with van der Waals surface area (Å²) in [5.74, 6) is -1.12. The van der Waals surface area contributed by atoms with Crippen molar-refractivity contribution in [3.63, 3.8) is 0 Å². The molecule has 0 spiro atoms. The third-order valence-electron chi connectivity index (χ3n) is 7.12. The maximum atomic E-state index is 13.3. The Hall–Kier alpha value is -3.45. The van der Waals surface area contributed by atoms with Crippen LogP contribution in [0.2, 0.25) is 10.0 Å². The van der Waals surface area contributed by atoms with Gasteiger partial charge in [0.1, 0.15) is 16.7 Å². The molecular weight excluding hydrogens is 657 g/mol. The number of ether oxygens (including phenoxy) is 2. The van der Waals surface area contributed by atoms with Crippen molar-refractivity contribution < 1.29 is 29.0 Å². The molecule has 0 aromatic heterocycles. The van der Waals surface area contributed by atoms with Gasteiger partial charge in [-0.2, -0.15) is 0 Å². The summed E-state index contributed by atoms with van der Waals surface area (Å²) in [6.07, 6.45) is 1.73. The molecule has 2 heterocycles. The van der Waals surface area contributed by atoms with Crippen LogP contribution in [0.3, 0.4) is 0 Å². The van der Waals surface area contributed by atoms with Crippen LogP contribution in [0.15, 0.2) is 65.6 Å². The van der Waals surface area contributed by atoms with Crippen LogP contribution >= 0.6 is 47.2 Å². The summed E-state index contributed by atoms with van der Waals surface area (Å²) in [6, 6.07) is 16.8. The van der Waals surface area contributed by atoms with Gasteiger partial charge in [0, 0.05) is 54.4 Å². The number of carboxylic acid groups (broad SMARTS) is 1. The van der Waals surface area contributed by atoms with Crippen LogP contribution in [-0.2, 0) is 14.3 Å². The number of thiocarbonyl (C=S) groups is 1. The Labute approximate surface area is 280 Å². The summed E-state index contributed by atoms with van der Waals surface area (Å²) in [5, 5.41) is 12.8. The van der Waals surface area contributed by atoms with E-state index in [9.17, 15) is 14.4 Å². The fraction of sp³-hybridized carbons (Fsp3) is 0.250. The van der Waals surface area contributed by atoms with E-state index >= 15 is 0 Å². The number of benzene rings is 3. The minimum atomic E-state index is -1.09. The predicted molar refractivity (Wildman–Crippen MR) is 181 cm³/mol. The first-order valence-electron chi connectivity index (χ1n) is 14.1. The number of thioether (sulfide) groups is 1. The van der Waals surface area contributed by atoms with E-state index in [4.69, 9.17) is 50.0 Å². The van der Waals surface area contributed by atoms with Gasteiger partial charge in [-0.25, -0.2) is 4.79 Å². The van der Waals surface area contributed by atoms with E-state index in [2.05, 4.69) is 10.2 Å². The molecule has 2 N–H and O–H groups in total. The summed E-state index contributed by atoms with van der Waals surface area (Å²) in [5.41, 5.74) is 2.66. The molecule has 0 saturated carbocycles. The van der Waals surface area contributed by atoms with E-state index < -0.39 is 5.97 Å². The zero-order valence-corrected chi connectivity index (χ0v) is 27.1. The van der Waals surface area contributed by atoms with Gasteiger partial charge in [0.05, 0.1) is 28.7 Å². The fourth-order valence-electron chi connectivity index (χ4n) is 4.80. The number of nitrogens with zero attached hydrogens (tertiary/aromatic N) is 2. The number of carbonyl (C=O) groups is 3. The Morgan fingerprint density at radius 2 is 1.84 bits per heavy atom. The lowest BCUT2D eigenvalue weighted by molar-refractivity contribution is -0.122. The molecule has 0 unspecified atom stereocenters. The van der Waals surface area contributed by atoms with Crippen molar-refractivity contribution in [2.75, 3.05) is 51.3 Å². The minimum Gasteiger partial charge on any atom is -0.492 e. The van der Waals surface area contributed by atoms with Crippen LogP contribution in [0.4, 0.5) is 5.69 Å². The van der Waals surface area contributed by atoms with Gasteiger partial charge in [-0.15, -0.1) is 0 Å². The van der Waals surface area contributed by atoms with Gasteiger partial charge in [-0.05, 0) is 54.1 Å². The first-order valence-corrected chi connectivity index (χ1v) is 16.1. The zero-order chi connectivity index (χ0) is 31.9. The molecule has 234 valence electrons. The molecule has 2 fully saturated rings. The minimum absolute atomic E-state index is 0.0211. The molecule has 2 aliphatic rings. The van der Waals surface area contributed by atoms with Gasteiger partial charge < -0.3 is 19.9 Å². The average Bonchev–Trinajstić information content (AvgIpc) is 3.28. The maximum Gasteiger partial charge on any atom is 0.335 e. The largest absolute Gasteiger partial charge is 0.492 e. The number of hydrogen-bond donors (Lipinski definition) is 2.